The third-order valence-electron chi connectivity index (χ3n) is 7.73. The molecule has 0 fully saturated rings. The maximum Gasteiger partial charge on any atom is 0.411 e. The van der Waals surface area contributed by atoms with Crippen LogP contribution in [0.1, 0.15) is 76.1 Å². The van der Waals surface area contributed by atoms with Gasteiger partial charge in [-0.1, -0.05) is 47.5 Å². The zero-order valence-electron chi connectivity index (χ0n) is 21.6. The van der Waals surface area contributed by atoms with E-state index in [1.165, 1.54) is 50.2 Å². The molecule has 182 valence electrons. The number of carbonyl (C=O) groups excluding carboxylic acids is 1. The van der Waals surface area contributed by atoms with Crippen molar-refractivity contribution < 1.29 is 9.53 Å². The highest BCUT2D eigenvalue weighted by Gasteiger charge is 2.36. The zero-order chi connectivity index (χ0) is 24.7. The Bertz CT molecular complexity index is 1190. The van der Waals surface area contributed by atoms with Gasteiger partial charge < -0.3 is 9.64 Å². The van der Waals surface area contributed by atoms with Gasteiger partial charge >= 0.3 is 6.09 Å². The van der Waals surface area contributed by atoms with Crippen LogP contribution in [0.4, 0.5) is 16.2 Å². The highest BCUT2D eigenvalue weighted by Crippen LogP contribution is 2.50. The minimum atomic E-state index is -0.394. The van der Waals surface area contributed by atoms with Gasteiger partial charge in [-0.3, -0.25) is 5.32 Å². The predicted molar refractivity (Wildman–Crippen MR) is 144 cm³/mol. The van der Waals surface area contributed by atoms with E-state index in [0.29, 0.717) is 18.4 Å². The second kappa shape index (κ2) is 9.41. The van der Waals surface area contributed by atoms with Crippen molar-refractivity contribution in [2.24, 2.45) is 0 Å². The van der Waals surface area contributed by atoms with Crippen molar-refractivity contribution in [2.75, 3.05) is 29.9 Å². The maximum absolute atomic E-state index is 12.4. The van der Waals surface area contributed by atoms with Crippen molar-refractivity contribution in [3.63, 3.8) is 0 Å². The van der Waals surface area contributed by atoms with E-state index in [-0.39, 0.29) is 0 Å². The van der Waals surface area contributed by atoms with Gasteiger partial charge in [-0.05, 0) is 93.0 Å². The van der Waals surface area contributed by atoms with Gasteiger partial charge in [-0.2, -0.15) is 0 Å². The van der Waals surface area contributed by atoms with E-state index in [1.54, 1.807) is 0 Å². The molecule has 0 saturated carbocycles. The summed E-state index contributed by atoms with van der Waals surface area (Å²) in [6.07, 6.45) is 1.76. The fraction of sp³-hybridized carbons (Fsp3) is 0.387. The van der Waals surface area contributed by atoms with Crippen LogP contribution in [0.15, 0.2) is 48.5 Å². The fourth-order valence-corrected chi connectivity index (χ4v) is 6.23. The van der Waals surface area contributed by atoms with Crippen LogP contribution in [0, 0.1) is 27.7 Å². The number of benzene rings is 3. The molecular formula is C31H36N2O2. The second-order valence-corrected chi connectivity index (χ2v) is 10.2. The van der Waals surface area contributed by atoms with Crippen molar-refractivity contribution >= 4 is 17.5 Å². The van der Waals surface area contributed by atoms with Crippen molar-refractivity contribution in [3.8, 4) is 0 Å². The molecule has 2 unspecified atom stereocenters. The molecule has 0 spiro atoms. The first-order valence-corrected chi connectivity index (χ1v) is 12.9. The Morgan fingerprint density at radius 1 is 0.829 bits per heavy atom. The monoisotopic (exact) mass is 468 g/mol. The number of hydrogen-bond donors (Lipinski definition) is 1. The molecule has 2 aliphatic rings. The summed E-state index contributed by atoms with van der Waals surface area (Å²) in [7, 11) is 0. The third kappa shape index (κ3) is 4.42. The molecule has 2 aliphatic heterocycles. The van der Waals surface area contributed by atoms with Gasteiger partial charge in [0, 0.05) is 36.3 Å². The van der Waals surface area contributed by atoms with E-state index >= 15 is 0 Å². The van der Waals surface area contributed by atoms with E-state index in [0.717, 1.165) is 31.6 Å². The molecule has 4 heteroatoms. The molecule has 1 N–H and O–H groups in total. The molecule has 0 aliphatic carbocycles. The minimum Gasteiger partial charge on any atom is -0.450 e. The third-order valence-corrected chi connectivity index (χ3v) is 7.73. The maximum atomic E-state index is 12.4. The fourth-order valence-electron chi connectivity index (χ4n) is 6.23. The lowest BCUT2D eigenvalue weighted by Gasteiger charge is -2.43. The van der Waals surface area contributed by atoms with Gasteiger partial charge in [0.05, 0.1) is 6.61 Å². The molecule has 0 radical (unpaired) electrons. The summed E-state index contributed by atoms with van der Waals surface area (Å²) in [4.78, 5) is 15.0. The van der Waals surface area contributed by atoms with Crippen molar-refractivity contribution in [3.05, 3.63) is 93.0 Å². The summed E-state index contributed by atoms with van der Waals surface area (Å²) < 4.78 is 5.23. The van der Waals surface area contributed by atoms with Crippen LogP contribution in [0.2, 0.25) is 0 Å². The van der Waals surface area contributed by atoms with Crippen molar-refractivity contribution in [2.45, 2.75) is 59.3 Å². The molecule has 4 nitrogen and oxygen atoms in total. The first kappa shape index (κ1) is 23.5. The Balaban J connectivity index is 1.68. The molecule has 0 bridgehead atoms. The van der Waals surface area contributed by atoms with Crippen LogP contribution in [0.5, 0.6) is 0 Å². The van der Waals surface area contributed by atoms with Gasteiger partial charge in [-0.15, -0.1) is 0 Å². The quantitative estimate of drug-likeness (QED) is 0.435. The van der Waals surface area contributed by atoms with Gasteiger partial charge in [0.15, 0.2) is 0 Å². The Kier molecular flexibility index (Phi) is 6.31. The molecule has 1 amide bonds. The largest absolute Gasteiger partial charge is 0.450 e. The van der Waals surface area contributed by atoms with Crippen LogP contribution in [-0.4, -0.2) is 25.8 Å². The first-order valence-electron chi connectivity index (χ1n) is 12.9. The molecule has 0 aromatic heterocycles. The van der Waals surface area contributed by atoms with Crippen LogP contribution in [0.3, 0.4) is 0 Å². The number of nitrogens with zero attached hydrogens (tertiary/aromatic N) is 1. The molecule has 3 aromatic rings. The summed E-state index contributed by atoms with van der Waals surface area (Å²) in [6, 6.07) is 18.0. The summed E-state index contributed by atoms with van der Waals surface area (Å²) in [6.45, 7) is 13.1. The van der Waals surface area contributed by atoms with E-state index in [9.17, 15) is 4.79 Å². The van der Waals surface area contributed by atoms with Gasteiger partial charge in [0.25, 0.3) is 0 Å². The average Bonchev–Trinajstić information content (AvgIpc) is 2.80. The highest BCUT2D eigenvalue weighted by molar-refractivity contribution is 5.86. The topological polar surface area (TPSA) is 41.6 Å². The number of anilines is 2. The number of amides is 1. The Morgan fingerprint density at radius 3 is 1.80 bits per heavy atom. The summed E-state index contributed by atoms with van der Waals surface area (Å²) in [5.74, 6) is 0.616. The Hall–Kier alpha value is -3.27. The predicted octanol–water partition coefficient (Wildman–Crippen LogP) is 7.37. The normalized spacial score (nSPS) is 18.7. The number of ether oxygens (including phenoxy) is 1. The van der Waals surface area contributed by atoms with Gasteiger partial charge in [0.1, 0.15) is 0 Å². The number of hydrogen-bond acceptors (Lipinski definition) is 3. The van der Waals surface area contributed by atoms with E-state index < -0.39 is 6.09 Å². The van der Waals surface area contributed by atoms with Gasteiger partial charge in [-0.25, -0.2) is 4.79 Å². The summed E-state index contributed by atoms with van der Waals surface area (Å²) >= 11 is 0. The van der Waals surface area contributed by atoms with Crippen molar-refractivity contribution in [1.82, 2.24) is 0 Å². The number of carbonyl (C=O) groups is 1. The lowest BCUT2D eigenvalue weighted by atomic mass is 9.75. The van der Waals surface area contributed by atoms with E-state index in [4.69, 9.17) is 4.74 Å². The first-order chi connectivity index (χ1) is 16.9. The van der Waals surface area contributed by atoms with Crippen LogP contribution in [-0.2, 0) is 4.74 Å². The molecule has 0 saturated heterocycles. The highest BCUT2D eigenvalue weighted by atomic mass is 16.5. The number of aryl methyl sites for hydroxylation is 4. The second-order valence-electron chi connectivity index (χ2n) is 10.2. The van der Waals surface area contributed by atoms with Crippen LogP contribution < -0.4 is 10.2 Å². The zero-order valence-corrected chi connectivity index (χ0v) is 21.6. The van der Waals surface area contributed by atoms with Gasteiger partial charge in [0.2, 0.25) is 0 Å². The standard InChI is InChI=1S/C31H36N2O2/c1-6-35-31(34)32-23-17-28-26(24-9-7-19(2)15-21(24)4)11-13-33-14-12-27(29(18-23)30(28)33)25-10-8-20(3)16-22(25)5/h7-10,15-18,26-27H,6,11-14H2,1-5H3,(H,32,34). The molecule has 35 heavy (non-hydrogen) atoms. The Labute approximate surface area is 209 Å². The van der Waals surface area contributed by atoms with E-state index in [2.05, 4.69) is 86.4 Å². The average molecular weight is 469 g/mol. The lowest BCUT2D eigenvalue weighted by Crippen LogP contribution is -2.38. The van der Waals surface area contributed by atoms with Crippen LogP contribution >= 0.6 is 0 Å². The number of nitrogens with one attached hydrogen (secondary N) is 1. The molecule has 5 rings (SSSR count). The molecule has 2 heterocycles. The summed E-state index contributed by atoms with van der Waals surface area (Å²) in [5.41, 5.74) is 12.9. The van der Waals surface area contributed by atoms with E-state index in [1.807, 2.05) is 6.92 Å². The SMILES string of the molecule is CCOC(=O)Nc1cc2c3c(c1)C(c1ccc(C)cc1C)CCN3CCC2c1ccc(C)cc1C. The lowest BCUT2D eigenvalue weighted by molar-refractivity contribution is 0.168. The smallest absolute Gasteiger partial charge is 0.411 e. The Morgan fingerprint density at radius 2 is 1.34 bits per heavy atom. The molecular weight excluding hydrogens is 432 g/mol. The minimum absolute atomic E-state index is 0.308. The molecule has 3 aromatic carbocycles. The molecule has 2 atom stereocenters. The number of rotatable bonds is 4. The summed E-state index contributed by atoms with van der Waals surface area (Å²) in [5, 5.41) is 3.02. The van der Waals surface area contributed by atoms with Crippen LogP contribution in [0.25, 0.3) is 0 Å². The van der Waals surface area contributed by atoms with Crippen molar-refractivity contribution in [1.29, 1.82) is 0 Å².